The molecule has 2 aromatic rings. The highest BCUT2D eigenvalue weighted by Gasteiger charge is 2.27. The Morgan fingerprint density at radius 2 is 2.00 bits per heavy atom. The molecule has 0 aromatic heterocycles. The Bertz CT molecular complexity index is 925. The van der Waals surface area contributed by atoms with Crippen molar-refractivity contribution in [3.63, 3.8) is 0 Å². The zero-order valence-electron chi connectivity index (χ0n) is 14.6. The highest BCUT2D eigenvalue weighted by atomic mass is 32.2. The molecule has 0 spiro atoms. The maximum absolute atomic E-state index is 13.1. The van der Waals surface area contributed by atoms with Gasteiger partial charge in [-0.3, -0.25) is 14.4 Å². The van der Waals surface area contributed by atoms with Gasteiger partial charge in [-0.05, 0) is 32.0 Å². The van der Waals surface area contributed by atoms with Crippen molar-refractivity contribution >= 4 is 21.4 Å². The quantitative estimate of drug-likeness (QED) is 0.398. The van der Waals surface area contributed by atoms with E-state index in [0.717, 1.165) is 10.4 Å². The molecule has 0 fully saturated rings. The molecule has 138 valence electrons. The molecular weight excluding hydrogens is 356 g/mol. The summed E-state index contributed by atoms with van der Waals surface area (Å²) in [5.74, 6) is 0.532. The van der Waals surface area contributed by atoms with Gasteiger partial charge in [0, 0.05) is 17.7 Å². The largest absolute Gasteiger partial charge is 0.494 e. The number of aryl methyl sites for hydroxylation is 1. The minimum Gasteiger partial charge on any atom is -0.494 e. The molecule has 0 aliphatic carbocycles. The molecule has 0 radical (unpaired) electrons. The number of nitro benzene ring substituents is 1. The van der Waals surface area contributed by atoms with Crippen LogP contribution in [0.1, 0.15) is 12.5 Å². The molecule has 8 heteroatoms. The first-order chi connectivity index (χ1) is 12.3. The Labute approximate surface area is 152 Å². The number of ether oxygens (including phenoxy) is 1. The Balaban J connectivity index is 2.55. The van der Waals surface area contributed by atoms with Crippen LogP contribution in [0.3, 0.4) is 0 Å². The van der Waals surface area contributed by atoms with Gasteiger partial charge in [-0.15, -0.1) is 6.58 Å². The zero-order valence-corrected chi connectivity index (χ0v) is 15.4. The standard InChI is InChI=1S/C18H20N2O5S/c1-4-11-19(15-7-6-8-16(12-15)25-5-2)26(23,24)17-10-9-14(3)18(13-17)20(21)22/h4,6-10,12-13H,1,5,11H2,2-3H3. The molecule has 26 heavy (non-hydrogen) atoms. The van der Waals surface area contributed by atoms with Crippen LogP contribution in [0.2, 0.25) is 0 Å². The first-order valence-corrected chi connectivity index (χ1v) is 9.36. The molecule has 0 aliphatic rings. The normalized spacial score (nSPS) is 11.0. The number of nitrogens with zero attached hydrogens (tertiary/aromatic N) is 2. The highest BCUT2D eigenvalue weighted by Crippen LogP contribution is 2.29. The summed E-state index contributed by atoms with van der Waals surface area (Å²) in [6.45, 7) is 7.45. The lowest BCUT2D eigenvalue weighted by Crippen LogP contribution is -2.31. The van der Waals surface area contributed by atoms with E-state index >= 15 is 0 Å². The van der Waals surface area contributed by atoms with Crippen molar-refractivity contribution in [2.45, 2.75) is 18.7 Å². The molecule has 7 nitrogen and oxygen atoms in total. The average Bonchev–Trinajstić information content (AvgIpc) is 2.60. The van der Waals surface area contributed by atoms with Crippen LogP contribution in [-0.4, -0.2) is 26.5 Å². The lowest BCUT2D eigenvalue weighted by molar-refractivity contribution is -0.385. The van der Waals surface area contributed by atoms with Crippen molar-refractivity contribution in [2.24, 2.45) is 0 Å². The molecular formula is C18H20N2O5S. The molecule has 0 heterocycles. The van der Waals surface area contributed by atoms with E-state index in [0.29, 0.717) is 23.6 Å². The first kappa shape index (κ1) is 19.5. The summed E-state index contributed by atoms with van der Waals surface area (Å²) in [6, 6.07) is 10.5. The van der Waals surface area contributed by atoms with E-state index in [9.17, 15) is 18.5 Å². The fraction of sp³-hybridized carbons (Fsp3) is 0.222. The summed E-state index contributed by atoms with van der Waals surface area (Å²) in [7, 11) is -4.02. The van der Waals surface area contributed by atoms with Gasteiger partial charge in [-0.2, -0.15) is 0 Å². The minimum absolute atomic E-state index is 0.0135. The third kappa shape index (κ3) is 4.02. The topological polar surface area (TPSA) is 89.8 Å². The number of hydrogen-bond donors (Lipinski definition) is 0. The van der Waals surface area contributed by atoms with Crippen molar-refractivity contribution in [1.29, 1.82) is 0 Å². The van der Waals surface area contributed by atoms with Gasteiger partial charge in [0.25, 0.3) is 15.7 Å². The number of rotatable bonds is 8. The average molecular weight is 376 g/mol. The zero-order chi connectivity index (χ0) is 19.3. The lowest BCUT2D eigenvalue weighted by atomic mass is 10.2. The second-order valence-corrected chi connectivity index (χ2v) is 7.32. The van der Waals surface area contributed by atoms with Crippen LogP contribution in [-0.2, 0) is 10.0 Å². The number of nitro groups is 1. The van der Waals surface area contributed by atoms with Gasteiger partial charge in [-0.25, -0.2) is 8.42 Å². The van der Waals surface area contributed by atoms with E-state index in [1.165, 1.54) is 18.2 Å². The lowest BCUT2D eigenvalue weighted by Gasteiger charge is -2.23. The summed E-state index contributed by atoms with van der Waals surface area (Å²) < 4.78 is 32.7. The van der Waals surface area contributed by atoms with E-state index in [-0.39, 0.29) is 17.1 Å². The Kier molecular flexibility index (Phi) is 5.99. The summed E-state index contributed by atoms with van der Waals surface area (Å²) >= 11 is 0. The fourth-order valence-electron chi connectivity index (χ4n) is 2.43. The highest BCUT2D eigenvalue weighted by molar-refractivity contribution is 7.92. The van der Waals surface area contributed by atoms with Crippen molar-refractivity contribution in [1.82, 2.24) is 0 Å². The fourth-order valence-corrected chi connectivity index (χ4v) is 3.88. The van der Waals surface area contributed by atoms with E-state index in [1.54, 1.807) is 31.2 Å². The minimum atomic E-state index is -4.02. The summed E-state index contributed by atoms with van der Waals surface area (Å²) in [5.41, 5.74) is 0.536. The van der Waals surface area contributed by atoms with Gasteiger partial charge in [-0.1, -0.05) is 18.2 Å². The van der Waals surface area contributed by atoms with Crippen LogP contribution < -0.4 is 9.04 Å². The van der Waals surface area contributed by atoms with Crippen LogP contribution >= 0.6 is 0 Å². The second-order valence-electron chi connectivity index (χ2n) is 5.46. The molecule has 0 saturated carbocycles. The second kappa shape index (κ2) is 8.01. The van der Waals surface area contributed by atoms with Gasteiger partial charge in [0.15, 0.2) is 0 Å². The summed E-state index contributed by atoms with van der Waals surface area (Å²) in [6.07, 6.45) is 1.45. The third-order valence-electron chi connectivity index (χ3n) is 3.68. The smallest absolute Gasteiger partial charge is 0.273 e. The first-order valence-electron chi connectivity index (χ1n) is 7.92. The van der Waals surface area contributed by atoms with E-state index in [4.69, 9.17) is 4.74 Å². The van der Waals surface area contributed by atoms with Crippen LogP contribution in [0.5, 0.6) is 5.75 Å². The molecule has 2 aromatic carbocycles. The molecule has 0 amide bonds. The number of benzene rings is 2. The van der Waals surface area contributed by atoms with Gasteiger partial charge in [0.05, 0.1) is 28.7 Å². The van der Waals surface area contributed by atoms with Crippen molar-refractivity contribution in [2.75, 3.05) is 17.5 Å². The molecule has 0 aliphatic heterocycles. The summed E-state index contributed by atoms with van der Waals surface area (Å²) in [5, 5.41) is 11.1. The molecule has 2 rings (SSSR count). The van der Waals surface area contributed by atoms with Crippen molar-refractivity contribution in [3.8, 4) is 5.75 Å². The maximum Gasteiger partial charge on any atom is 0.273 e. The van der Waals surface area contributed by atoms with Crippen molar-refractivity contribution in [3.05, 3.63) is 70.8 Å². The Morgan fingerprint density at radius 1 is 1.27 bits per heavy atom. The van der Waals surface area contributed by atoms with Crippen LogP contribution in [0.4, 0.5) is 11.4 Å². The van der Waals surface area contributed by atoms with Gasteiger partial charge in [0.2, 0.25) is 0 Å². The monoisotopic (exact) mass is 376 g/mol. The van der Waals surface area contributed by atoms with Gasteiger partial charge in [0.1, 0.15) is 5.75 Å². The number of sulfonamides is 1. The molecule has 0 bridgehead atoms. The van der Waals surface area contributed by atoms with Gasteiger partial charge < -0.3 is 4.74 Å². The van der Waals surface area contributed by atoms with Gasteiger partial charge >= 0.3 is 0 Å². The van der Waals surface area contributed by atoms with Crippen LogP contribution in [0, 0.1) is 17.0 Å². The van der Waals surface area contributed by atoms with E-state index in [2.05, 4.69) is 6.58 Å². The maximum atomic E-state index is 13.1. The van der Waals surface area contributed by atoms with E-state index < -0.39 is 14.9 Å². The SMILES string of the molecule is C=CCN(c1cccc(OCC)c1)S(=O)(=O)c1ccc(C)c([N+](=O)[O-])c1. The number of hydrogen-bond acceptors (Lipinski definition) is 5. The Hall–Kier alpha value is -2.87. The predicted molar refractivity (Wildman–Crippen MR) is 100 cm³/mol. The third-order valence-corrected chi connectivity index (χ3v) is 5.47. The molecule has 0 unspecified atom stereocenters. The number of anilines is 1. The van der Waals surface area contributed by atoms with Crippen molar-refractivity contribution < 1.29 is 18.1 Å². The molecule has 0 N–H and O–H groups in total. The molecule has 0 atom stereocenters. The molecule has 0 saturated heterocycles. The van der Waals surface area contributed by atoms with Crippen LogP contribution in [0.25, 0.3) is 0 Å². The predicted octanol–water partition coefficient (Wildman–Crippen LogP) is 3.68. The summed E-state index contributed by atoms with van der Waals surface area (Å²) in [4.78, 5) is 10.4. The Morgan fingerprint density at radius 3 is 2.62 bits per heavy atom. The van der Waals surface area contributed by atoms with Crippen LogP contribution in [0.15, 0.2) is 60.0 Å². The van der Waals surface area contributed by atoms with E-state index in [1.807, 2.05) is 6.92 Å².